The van der Waals surface area contributed by atoms with Crippen LogP contribution in [0.5, 0.6) is 0 Å². The molecule has 1 fully saturated rings. The molecule has 1 aliphatic heterocycles. The first kappa shape index (κ1) is 17.2. The van der Waals surface area contributed by atoms with Gasteiger partial charge in [-0.25, -0.2) is 4.98 Å². The van der Waals surface area contributed by atoms with Crippen molar-refractivity contribution in [3.63, 3.8) is 0 Å². The molecule has 0 radical (unpaired) electrons. The maximum Gasteiger partial charge on any atom is 0.140 e. The molecule has 0 bridgehead atoms. The molecular formula is C23H25N5. The summed E-state index contributed by atoms with van der Waals surface area (Å²) in [4.78, 5) is 17.4. The number of hydrogen-bond donors (Lipinski definition) is 1. The highest BCUT2D eigenvalue weighted by atomic mass is 15.3. The van der Waals surface area contributed by atoms with Crippen LogP contribution in [-0.4, -0.2) is 53.1 Å². The Bertz CT molecular complexity index is 1130. The van der Waals surface area contributed by atoms with E-state index in [0.29, 0.717) is 12.0 Å². The lowest BCUT2D eigenvalue weighted by molar-refractivity contribution is 0.292. The van der Waals surface area contributed by atoms with Crippen LogP contribution in [0, 0.1) is 6.92 Å². The fourth-order valence-electron chi connectivity index (χ4n) is 4.42. The van der Waals surface area contributed by atoms with E-state index in [1.807, 2.05) is 18.5 Å². The van der Waals surface area contributed by atoms with E-state index in [1.165, 1.54) is 11.1 Å². The number of rotatable bonds is 3. The van der Waals surface area contributed by atoms with Crippen molar-refractivity contribution in [3.8, 4) is 0 Å². The largest absolute Gasteiger partial charge is 0.354 e. The van der Waals surface area contributed by atoms with Crippen LogP contribution in [0.3, 0.4) is 0 Å². The van der Waals surface area contributed by atoms with Gasteiger partial charge in [0.2, 0.25) is 0 Å². The topological polar surface area (TPSA) is 48.1 Å². The lowest BCUT2D eigenvalue weighted by Gasteiger charge is -2.25. The maximum atomic E-state index is 4.95. The summed E-state index contributed by atoms with van der Waals surface area (Å²) in [5.41, 5.74) is 4.73. The van der Waals surface area contributed by atoms with Gasteiger partial charge < -0.3 is 14.8 Å². The molecule has 28 heavy (non-hydrogen) atoms. The fraction of sp³-hybridized carbons (Fsp3) is 0.304. The van der Waals surface area contributed by atoms with Crippen molar-refractivity contribution in [3.05, 3.63) is 66.0 Å². The van der Waals surface area contributed by atoms with Crippen LogP contribution in [0.25, 0.3) is 21.9 Å². The van der Waals surface area contributed by atoms with E-state index in [1.54, 1.807) is 0 Å². The third kappa shape index (κ3) is 2.83. The number of nitrogens with one attached hydrogen (secondary N) is 1. The number of aromatic amines is 1. The molecule has 142 valence electrons. The van der Waals surface area contributed by atoms with E-state index in [9.17, 15) is 0 Å². The number of aromatic nitrogens is 3. The predicted octanol–water partition coefficient (Wildman–Crippen LogP) is 3.95. The van der Waals surface area contributed by atoms with Gasteiger partial charge in [0.25, 0.3) is 0 Å². The first-order chi connectivity index (χ1) is 13.6. The van der Waals surface area contributed by atoms with E-state index in [0.717, 1.165) is 40.8 Å². The van der Waals surface area contributed by atoms with Crippen molar-refractivity contribution < 1.29 is 0 Å². The molecule has 0 aliphatic carbocycles. The van der Waals surface area contributed by atoms with E-state index >= 15 is 0 Å². The molecule has 0 amide bonds. The van der Waals surface area contributed by atoms with Crippen molar-refractivity contribution in [2.75, 3.05) is 32.1 Å². The number of likely N-dealkylation sites (N-methyl/N-ethyl adjacent to an activating group) is 1. The average molecular weight is 371 g/mol. The summed E-state index contributed by atoms with van der Waals surface area (Å²) >= 11 is 0. The van der Waals surface area contributed by atoms with Crippen molar-refractivity contribution >= 4 is 27.8 Å². The number of benzene rings is 1. The first-order valence-electron chi connectivity index (χ1n) is 9.80. The van der Waals surface area contributed by atoms with Crippen LogP contribution in [0.2, 0.25) is 0 Å². The average Bonchev–Trinajstić information content (AvgIpc) is 3.30. The molecule has 5 heteroatoms. The number of aryl methyl sites for hydroxylation is 1. The number of nitrogens with zero attached hydrogens (tertiary/aromatic N) is 4. The quantitative estimate of drug-likeness (QED) is 0.592. The Morgan fingerprint density at radius 2 is 1.82 bits per heavy atom. The summed E-state index contributed by atoms with van der Waals surface area (Å²) in [6.07, 6.45) is 3.72. The third-order valence-electron chi connectivity index (χ3n) is 6.03. The molecule has 1 saturated heterocycles. The van der Waals surface area contributed by atoms with E-state index < -0.39 is 0 Å². The number of pyridine rings is 2. The number of anilines is 1. The van der Waals surface area contributed by atoms with Crippen molar-refractivity contribution in [2.24, 2.45) is 0 Å². The van der Waals surface area contributed by atoms with Crippen molar-refractivity contribution in [1.82, 2.24) is 19.9 Å². The van der Waals surface area contributed by atoms with E-state index in [4.69, 9.17) is 4.98 Å². The van der Waals surface area contributed by atoms with Gasteiger partial charge in [0, 0.05) is 48.2 Å². The smallest absolute Gasteiger partial charge is 0.140 e. The normalized spacial score (nSPS) is 19.9. The SMILES string of the molecule is Cc1ccc(C2CN(c3ccc4c(n3)[nH]c3ccncc34)CC2N(C)C)cc1. The first-order valence-corrected chi connectivity index (χ1v) is 9.80. The highest BCUT2D eigenvalue weighted by Gasteiger charge is 2.35. The Kier molecular flexibility index (Phi) is 4.05. The van der Waals surface area contributed by atoms with Gasteiger partial charge in [0.05, 0.1) is 5.52 Å². The van der Waals surface area contributed by atoms with Crippen LogP contribution in [0.1, 0.15) is 17.0 Å². The Hall–Kier alpha value is -2.92. The fourth-order valence-corrected chi connectivity index (χ4v) is 4.42. The summed E-state index contributed by atoms with van der Waals surface area (Å²) in [5.74, 6) is 1.51. The zero-order valence-corrected chi connectivity index (χ0v) is 16.6. The molecule has 1 aromatic carbocycles. The lowest BCUT2D eigenvalue weighted by atomic mass is 9.93. The molecule has 1 N–H and O–H groups in total. The van der Waals surface area contributed by atoms with Crippen LogP contribution < -0.4 is 4.90 Å². The van der Waals surface area contributed by atoms with Gasteiger partial charge in [-0.15, -0.1) is 0 Å². The second-order valence-corrected chi connectivity index (χ2v) is 8.06. The summed E-state index contributed by atoms with van der Waals surface area (Å²) < 4.78 is 0. The molecule has 4 aromatic rings. The van der Waals surface area contributed by atoms with Crippen LogP contribution in [0.15, 0.2) is 54.9 Å². The minimum absolute atomic E-state index is 0.465. The Balaban J connectivity index is 1.50. The van der Waals surface area contributed by atoms with Crippen LogP contribution >= 0.6 is 0 Å². The third-order valence-corrected chi connectivity index (χ3v) is 6.03. The minimum atomic E-state index is 0.465. The number of hydrogen-bond acceptors (Lipinski definition) is 4. The molecule has 1 aliphatic rings. The molecule has 2 unspecified atom stereocenters. The molecular weight excluding hydrogens is 346 g/mol. The molecule has 2 atom stereocenters. The van der Waals surface area contributed by atoms with E-state index in [2.05, 4.69) is 77.2 Å². The standard InChI is InChI=1S/C23H25N5/c1-15-4-6-16(7-5-15)19-13-28(14-21(19)27(2)3)22-9-8-17-18-12-24-11-10-20(18)25-23(17)26-22/h4-12,19,21H,13-14H2,1-3H3,(H,25,26). The highest BCUT2D eigenvalue weighted by molar-refractivity contribution is 6.05. The van der Waals surface area contributed by atoms with Crippen molar-refractivity contribution in [2.45, 2.75) is 18.9 Å². The van der Waals surface area contributed by atoms with Gasteiger partial charge in [0.1, 0.15) is 11.5 Å². The maximum absolute atomic E-state index is 4.95. The monoisotopic (exact) mass is 371 g/mol. The number of fused-ring (bicyclic) bond motifs is 3. The van der Waals surface area contributed by atoms with Gasteiger partial charge >= 0.3 is 0 Å². The van der Waals surface area contributed by atoms with Gasteiger partial charge in [-0.3, -0.25) is 4.98 Å². The molecule has 5 nitrogen and oxygen atoms in total. The molecule has 0 spiro atoms. The highest BCUT2D eigenvalue weighted by Crippen LogP contribution is 2.34. The summed E-state index contributed by atoms with van der Waals surface area (Å²) in [5, 5.41) is 2.26. The predicted molar refractivity (Wildman–Crippen MR) is 115 cm³/mol. The van der Waals surface area contributed by atoms with Crippen LogP contribution in [0.4, 0.5) is 5.82 Å². The van der Waals surface area contributed by atoms with Crippen molar-refractivity contribution in [1.29, 1.82) is 0 Å². The molecule has 0 saturated carbocycles. The Morgan fingerprint density at radius 1 is 1.00 bits per heavy atom. The van der Waals surface area contributed by atoms with Crippen LogP contribution in [-0.2, 0) is 0 Å². The van der Waals surface area contributed by atoms with Gasteiger partial charge in [-0.05, 0) is 44.8 Å². The summed E-state index contributed by atoms with van der Waals surface area (Å²) in [6.45, 7) is 4.10. The van der Waals surface area contributed by atoms with Gasteiger partial charge in [0.15, 0.2) is 0 Å². The summed E-state index contributed by atoms with van der Waals surface area (Å²) in [6, 6.07) is 15.8. The molecule has 3 aromatic heterocycles. The summed E-state index contributed by atoms with van der Waals surface area (Å²) in [7, 11) is 4.35. The molecule has 5 rings (SSSR count). The van der Waals surface area contributed by atoms with Gasteiger partial charge in [-0.1, -0.05) is 29.8 Å². The minimum Gasteiger partial charge on any atom is -0.354 e. The zero-order chi connectivity index (χ0) is 19.3. The number of H-pyrrole nitrogens is 1. The van der Waals surface area contributed by atoms with Gasteiger partial charge in [-0.2, -0.15) is 0 Å². The zero-order valence-electron chi connectivity index (χ0n) is 16.6. The lowest BCUT2D eigenvalue weighted by Crippen LogP contribution is -2.34. The Morgan fingerprint density at radius 3 is 2.61 bits per heavy atom. The second kappa shape index (κ2) is 6.60. The van der Waals surface area contributed by atoms with E-state index in [-0.39, 0.29) is 0 Å². The second-order valence-electron chi connectivity index (χ2n) is 8.06. The Labute approximate surface area is 165 Å². The molecule has 4 heterocycles.